The SMILES string of the molecule is Cl.Nc1ncc(C2CCC2)o1. The predicted molar refractivity (Wildman–Crippen MR) is 44.8 cm³/mol. The second kappa shape index (κ2) is 3.13. The average molecular weight is 175 g/mol. The summed E-state index contributed by atoms with van der Waals surface area (Å²) in [4.78, 5) is 3.83. The van der Waals surface area contributed by atoms with Gasteiger partial charge in [-0.2, -0.15) is 0 Å². The zero-order valence-electron chi connectivity index (χ0n) is 6.12. The molecule has 2 rings (SSSR count). The molecule has 62 valence electrons. The Hall–Kier alpha value is -0.700. The lowest BCUT2D eigenvalue weighted by molar-refractivity contribution is 0.351. The topological polar surface area (TPSA) is 52.0 Å². The summed E-state index contributed by atoms with van der Waals surface area (Å²) in [6.45, 7) is 0. The maximum Gasteiger partial charge on any atom is 0.292 e. The summed E-state index contributed by atoms with van der Waals surface area (Å²) in [7, 11) is 0. The lowest BCUT2D eigenvalue weighted by Gasteiger charge is -2.21. The van der Waals surface area contributed by atoms with Crippen molar-refractivity contribution in [1.29, 1.82) is 0 Å². The quantitative estimate of drug-likeness (QED) is 0.708. The van der Waals surface area contributed by atoms with Gasteiger partial charge < -0.3 is 10.2 Å². The maximum atomic E-state index is 5.32. The van der Waals surface area contributed by atoms with Crippen molar-refractivity contribution in [2.24, 2.45) is 0 Å². The smallest absolute Gasteiger partial charge is 0.292 e. The van der Waals surface area contributed by atoms with Crippen LogP contribution in [0, 0.1) is 0 Å². The molecular formula is C7H11ClN2O. The van der Waals surface area contributed by atoms with Gasteiger partial charge in [0.05, 0.1) is 6.20 Å². The van der Waals surface area contributed by atoms with Gasteiger partial charge in [0.1, 0.15) is 5.76 Å². The molecule has 1 aromatic heterocycles. The molecular weight excluding hydrogens is 164 g/mol. The van der Waals surface area contributed by atoms with Crippen molar-refractivity contribution in [2.75, 3.05) is 5.73 Å². The first-order chi connectivity index (χ1) is 4.86. The molecule has 3 nitrogen and oxygen atoms in total. The monoisotopic (exact) mass is 174 g/mol. The van der Waals surface area contributed by atoms with E-state index < -0.39 is 0 Å². The third-order valence-corrected chi connectivity index (χ3v) is 2.05. The van der Waals surface area contributed by atoms with E-state index in [-0.39, 0.29) is 12.4 Å². The molecule has 0 atom stereocenters. The number of hydrogen-bond acceptors (Lipinski definition) is 3. The Bertz CT molecular complexity index is 232. The van der Waals surface area contributed by atoms with Gasteiger partial charge >= 0.3 is 0 Å². The molecule has 1 heterocycles. The van der Waals surface area contributed by atoms with Crippen LogP contribution < -0.4 is 5.73 Å². The van der Waals surface area contributed by atoms with Gasteiger partial charge in [0.15, 0.2) is 0 Å². The maximum absolute atomic E-state index is 5.32. The average Bonchev–Trinajstić information content (AvgIpc) is 2.10. The van der Waals surface area contributed by atoms with Crippen LogP contribution >= 0.6 is 12.4 Å². The van der Waals surface area contributed by atoms with Gasteiger partial charge in [-0.15, -0.1) is 12.4 Å². The number of hydrogen-bond donors (Lipinski definition) is 1. The van der Waals surface area contributed by atoms with Crippen LogP contribution in [0.4, 0.5) is 6.01 Å². The summed E-state index contributed by atoms with van der Waals surface area (Å²) in [5.41, 5.74) is 5.32. The third kappa shape index (κ3) is 1.48. The summed E-state index contributed by atoms with van der Waals surface area (Å²) in [5.74, 6) is 1.56. The van der Waals surface area contributed by atoms with Crippen molar-refractivity contribution in [3.63, 3.8) is 0 Å². The van der Waals surface area contributed by atoms with E-state index in [4.69, 9.17) is 10.2 Å². The molecule has 1 saturated carbocycles. The molecule has 0 spiro atoms. The first kappa shape index (κ1) is 8.40. The largest absolute Gasteiger partial charge is 0.429 e. The third-order valence-electron chi connectivity index (χ3n) is 2.05. The summed E-state index contributed by atoms with van der Waals surface area (Å²) in [6, 6.07) is 0.293. The molecule has 0 amide bonds. The molecule has 0 saturated heterocycles. The van der Waals surface area contributed by atoms with Crippen LogP contribution in [0.1, 0.15) is 30.9 Å². The Balaban J connectivity index is 0.000000605. The standard InChI is InChI=1S/C7H10N2O.ClH/c8-7-9-4-6(10-7)5-2-1-3-5;/h4-5H,1-3H2,(H2,8,9);1H. The summed E-state index contributed by atoms with van der Waals surface area (Å²) in [6.07, 6.45) is 5.51. The van der Waals surface area contributed by atoms with E-state index in [2.05, 4.69) is 4.98 Å². The molecule has 0 radical (unpaired) electrons. The van der Waals surface area contributed by atoms with Crippen molar-refractivity contribution < 1.29 is 4.42 Å². The number of oxazole rings is 1. The summed E-state index contributed by atoms with van der Waals surface area (Å²) >= 11 is 0. The number of nitrogens with zero attached hydrogens (tertiary/aromatic N) is 1. The predicted octanol–water partition coefficient (Wildman–Crippen LogP) is 1.95. The zero-order valence-corrected chi connectivity index (χ0v) is 6.93. The molecule has 1 aromatic rings. The number of anilines is 1. The molecule has 0 aliphatic heterocycles. The van der Waals surface area contributed by atoms with Crippen LogP contribution in [0.15, 0.2) is 10.6 Å². The molecule has 0 unspecified atom stereocenters. The van der Waals surface area contributed by atoms with Crippen LogP contribution in [0.25, 0.3) is 0 Å². The first-order valence-electron chi connectivity index (χ1n) is 3.57. The Morgan fingerprint density at radius 3 is 2.64 bits per heavy atom. The van der Waals surface area contributed by atoms with Crippen molar-refractivity contribution >= 4 is 18.4 Å². The van der Waals surface area contributed by atoms with Crippen molar-refractivity contribution in [3.8, 4) is 0 Å². The molecule has 0 bridgehead atoms. The molecule has 0 aromatic carbocycles. The Labute approximate surface area is 71.4 Å². The van der Waals surface area contributed by atoms with Crippen LogP contribution in [-0.4, -0.2) is 4.98 Å². The first-order valence-corrected chi connectivity index (χ1v) is 3.57. The highest BCUT2D eigenvalue weighted by molar-refractivity contribution is 5.85. The fraction of sp³-hybridized carbons (Fsp3) is 0.571. The number of halogens is 1. The van der Waals surface area contributed by atoms with Crippen molar-refractivity contribution in [2.45, 2.75) is 25.2 Å². The highest BCUT2D eigenvalue weighted by Crippen LogP contribution is 2.36. The minimum atomic E-state index is 0. The van der Waals surface area contributed by atoms with Gasteiger partial charge in [0, 0.05) is 5.92 Å². The molecule has 1 fully saturated rings. The minimum Gasteiger partial charge on any atom is -0.429 e. The second-order valence-corrected chi connectivity index (χ2v) is 2.73. The van der Waals surface area contributed by atoms with Crippen molar-refractivity contribution in [3.05, 3.63) is 12.0 Å². The Morgan fingerprint density at radius 1 is 1.55 bits per heavy atom. The summed E-state index contributed by atoms with van der Waals surface area (Å²) in [5, 5.41) is 0. The van der Waals surface area contributed by atoms with E-state index >= 15 is 0 Å². The van der Waals surface area contributed by atoms with Crippen molar-refractivity contribution in [1.82, 2.24) is 4.98 Å². The van der Waals surface area contributed by atoms with E-state index in [9.17, 15) is 0 Å². The van der Waals surface area contributed by atoms with Gasteiger partial charge in [-0.1, -0.05) is 6.42 Å². The van der Waals surface area contributed by atoms with Gasteiger partial charge in [-0.25, -0.2) is 4.98 Å². The summed E-state index contributed by atoms with van der Waals surface area (Å²) < 4.78 is 5.15. The fourth-order valence-corrected chi connectivity index (χ4v) is 1.18. The Kier molecular flexibility index (Phi) is 2.39. The van der Waals surface area contributed by atoms with E-state index in [0.717, 1.165) is 5.76 Å². The van der Waals surface area contributed by atoms with E-state index in [1.54, 1.807) is 6.20 Å². The molecule has 1 aliphatic carbocycles. The molecule has 1 aliphatic rings. The van der Waals surface area contributed by atoms with Gasteiger partial charge in [0.25, 0.3) is 6.01 Å². The number of nitrogens with two attached hydrogens (primary N) is 1. The lowest BCUT2D eigenvalue weighted by atomic mass is 9.84. The van der Waals surface area contributed by atoms with Crippen LogP contribution in [-0.2, 0) is 0 Å². The molecule has 2 N–H and O–H groups in total. The van der Waals surface area contributed by atoms with Gasteiger partial charge in [-0.05, 0) is 12.8 Å². The fourth-order valence-electron chi connectivity index (χ4n) is 1.18. The highest BCUT2D eigenvalue weighted by atomic mass is 35.5. The number of aromatic nitrogens is 1. The van der Waals surface area contributed by atoms with Crippen LogP contribution in [0.2, 0.25) is 0 Å². The van der Waals surface area contributed by atoms with Gasteiger partial charge in [-0.3, -0.25) is 0 Å². The highest BCUT2D eigenvalue weighted by Gasteiger charge is 2.22. The molecule has 11 heavy (non-hydrogen) atoms. The van der Waals surface area contributed by atoms with E-state index in [1.165, 1.54) is 19.3 Å². The van der Waals surface area contributed by atoms with E-state index in [0.29, 0.717) is 11.9 Å². The number of nitrogen functional groups attached to an aromatic ring is 1. The van der Waals surface area contributed by atoms with Crippen LogP contribution in [0.5, 0.6) is 0 Å². The lowest BCUT2D eigenvalue weighted by Crippen LogP contribution is -2.07. The Morgan fingerprint density at radius 2 is 2.27 bits per heavy atom. The number of rotatable bonds is 1. The zero-order chi connectivity index (χ0) is 6.97. The van der Waals surface area contributed by atoms with E-state index in [1.807, 2.05) is 0 Å². The normalized spacial score (nSPS) is 17.1. The minimum absolute atomic E-state index is 0. The van der Waals surface area contributed by atoms with Crippen LogP contribution in [0.3, 0.4) is 0 Å². The molecule has 4 heteroatoms. The van der Waals surface area contributed by atoms with Gasteiger partial charge in [0.2, 0.25) is 0 Å². The second-order valence-electron chi connectivity index (χ2n) is 2.73.